The fraction of sp³-hybridized carbons (Fsp3) is 0.385. The maximum atomic E-state index is 12.1. The van der Waals surface area contributed by atoms with Gasteiger partial charge in [-0.2, -0.15) is 0 Å². The van der Waals surface area contributed by atoms with Crippen LogP contribution in [-0.4, -0.2) is 31.1 Å². The highest BCUT2D eigenvalue weighted by Gasteiger charge is 2.02. The summed E-state index contributed by atoms with van der Waals surface area (Å²) < 4.78 is 5.26. The van der Waals surface area contributed by atoms with E-state index in [0.29, 0.717) is 6.54 Å². The van der Waals surface area contributed by atoms with Crippen LogP contribution in [0.5, 0.6) is 5.75 Å². The van der Waals surface area contributed by atoms with Crippen LogP contribution in [0.3, 0.4) is 0 Å². The second-order valence-corrected chi connectivity index (χ2v) is 7.40. The number of hydrogen-bond donors (Lipinski definition) is 2. The van der Waals surface area contributed by atoms with E-state index in [1.165, 1.54) is 30.4 Å². The maximum absolute atomic E-state index is 12.1. The molecule has 0 aliphatic rings. The number of unbranched alkanes of at least 4 members (excludes halogenated alkanes) is 3. The molecule has 1 aromatic carbocycles. The van der Waals surface area contributed by atoms with E-state index in [2.05, 4.69) is 40.8 Å². The summed E-state index contributed by atoms with van der Waals surface area (Å²) in [6.45, 7) is 3.63. The van der Waals surface area contributed by atoms with E-state index < -0.39 is 0 Å². The summed E-state index contributed by atoms with van der Waals surface area (Å²) in [5, 5.41) is 6.21. The molecule has 0 atom stereocenters. The Hall–Kier alpha value is -3.08. The molecule has 1 aromatic heterocycles. The Morgan fingerprint density at radius 1 is 1.06 bits per heavy atom. The molecular weight excluding hydrogens is 386 g/mol. The van der Waals surface area contributed by atoms with E-state index in [0.717, 1.165) is 37.2 Å². The van der Waals surface area contributed by atoms with E-state index in [4.69, 9.17) is 4.74 Å². The number of benzene rings is 1. The molecule has 0 fully saturated rings. The van der Waals surface area contributed by atoms with Gasteiger partial charge >= 0.3 is 0 Å². The van der Waals surface area contributed by atoms with Crippen molar-refractivity contribution in [1.82, 2.24) is 10.3 Å². The highest BCUT2D eigenvalue weighted by atomic mass is 16.5. The Labute approximate surface area is 186 Å². The maximum Gasteiger partial charge on any atom is 0.243 e. The van der Waals surface area contributed by atoms with E-state index in [9.17, 15) is 4.79 Å². The van der Waals surface area contributed by atoms with Crippen LogP contribution in [0.2, 0.25) is 0 Å². The van der Waals surface area contributed by atoms with Crippen LogP contribution in [0.4, 0.5) is 5.69 Å². The number of amides is 1. The van der Waals surface area contributed by atoms with Gasteiger partial charge in [-0.25, -0.2) is 0 Å². The van der Waals surface area contributed by atoms with Crippen molar-refractivity contribution in [2.75, 3.05) is 25.5 Å². The fourth-order valence-corrected chi connectivity index (χ4v) is 3.18. The first-order valence-corrected chi connectivity index (χ1v) is 11.2. The first-order valence-electron chi connectivity index (χ1n) is 11.2. The molecule has 2 N–H and O–H groups in total. The SMILES string of the molecule is CCCCCC/C(=C\C=C\C(=O)NCCCNc1cccnc1)c1ccc(OC)cc1. The van der Waals surface area contributed by atoms with Crippen molar-refractivity contribution < 1.29 is 9.53 Å². The van der Waals surface area contributed by atoms with E-state index in [1.807, 2.05) is 30.3 Å². The smallest absolute Gasteiger partial charge is 0.243 e. The Morgan fingerprint density at radius 3 is 2.61 bits per heavy atom. The lowest BCUT2D eigenvalue weighted by Crippen LogP contribution is -2.23. The highest BCUT2D eigenvalue weighted by molar-refractivity contribution is 5.88. The lowest BCUT2D eigenvalue weighted by molar-refractivity contribution is -0.116. The highest BCUT2D eigenvalue weighted by Crippen LogP contribution is 2.24. The number of allylic oxidation sites excluding steroid dienone is 3. The van der Waals surface area contributed by atoms with E-state index in [1.54, 1.807) is 25.6 Å². The molecule has 31 heavy (non-hydrogen) atoms. The molecule has 0 aliphatic heterocycles. The number of nitrogens with one attached hydrogen (secondary N) is 2. The summed E-state index contributed by atoms with van der Waals surface area (Å²) in [7, 11) is 1.67. The van der Waals surface area contributed by atoms with Gasteiger partial charge in [0.25, 0.3) is 0 Å². The molecule has 2 aromatic rings. The van der Waals surface area contributed by atoms with Crippen LogP contribution < -0.4 is 15.4 Å². The van der Waals surface area contributed by atoms with Gasteiger partial charge in [-0.1, -0.05) is 50.5 Å². The number of pyridine rings is 1. The van der Waals surface area contributed by atoms with Crippen molar-refractivity contribution in [3.63, 3.8) is 0 Å². The zero-order valence-corrected chi connectivity index (χ0v) is 18.8. The van der Waals surface area contributed by atoms with E-state index in [-0.39, 0.29) is 5.91 Å². The molecule has 0 spiro atoms. The number of hydrogen-bond acceptors (Lipinski definition) is 4. The number of carbonyl (C=O) groups is 1. The molecular formula is C26H35N3O2. The minimum absolute atomic E-state index is 0.0716. The molecule has 0 saturated carbocycles. The van der Waals surface area contributed by atoms with Crippen molar-refractivity contribution in [2.45, 2.75) is 45.4 Å². The molecule has 0 radical (unpaired) electrons. The molecule has 166 valence electrons. The van der Waals surface area contributed by atoms with Gasteiger partial charge in [-0.15, -0.1) is 0 Å². The number of carbonyl (C=O) groups excluding carboxylic acids is 1. The Bertz CT molecular complexity index is 814. The largest absolute Gasteiger partial charge is 0.497 e. The van der Waals surface area contributed by atoms with Crippen LogP contribution in [0.1, 0.15) is 51.0 Å². The van der Waals surface area contributed by atoms with Crippen LogP contribution in [0.15, 0.2) is 67.0 Å². The normalized spacial score (nSPS) is 11.5. The number of anilines is 1. The summed E-state index contributed by atoms with van der Waals surface area (Å²) in [4.78, 5) is 16.2. The van der Waals surface area contributed by atoms with Crippen molar-refractivity contribution in [3.8, 4) is 5.75 Å². The van der Waals surface area contributed by atoms with Gasteiger partial charge in [-0.05, 0) is 54.7 Å². The molecule has 0 bridgehead atoms. The zero-order valence-electron chi connectivity index (χ0n) is 18.8. The molecule has 0 unspecified atom stereocenters. The van der Waals surface area contributed by atoms with Crippen LogP contribution in [-0.2, 0) is 4.79 Å². The summed E-state index contributed by atoms with van der Waals surface area (Å²) >= 11 is 0. The lowest BCUT2D eigenvalue weighted by atomic mass is 9.98. The topological polar surface area (TPSA) is 63.2 Å². The second-order valence-electron chi connectivity index (χ2n) is 7.40. The molecule has 1 amide bonds. The molecule has 0 saturated heterocycles. The lowest BCUT2D eigenvalue weighted by Gasteiger charge is -2.09. The molecule has 5 nitrogen and oxygen atoms in total. The predicted octanol–water partition coefficient (Wildman–Crippen LogP) is 5.62. The van der Waals surface area contributed by atoms with Crippen molar-refractivity contribution in [3.05, 3.63) is 72.6 Å². The van der Waals surface area contributed by atoms with Gasteiger partial charge in [-0.3, -0.25) is 9.78 Å². The van der Waals surface area contributed by atoms with Crippen LogP contribution in [0, 0.1) is 0 Å². The van der Waals surface area contributed by atoms with Gasteiger partial charge in [0.15, 0.2) is 0 Å². The summed E-state index contributed by atoms with van der Waals surface area (Å²) in [5.41, 5.74) is 3.40. The zero-order chi connectivity index (χ0) is 22.2. The number of ether oxygens (including phenoxy) is 1. The second kappa shape index (κ2) is 14.8. The molecule has 2 rings (SSSR count). The van der Waals surface area contributed by atoms with Crippen molar-refractivity contribution in [2.24, 2.45) is 0 Å². The number of aromatic nitrogens is 1. The average Bonchev–Trinajstić information content (AvgIpc) is 2.81. The molecule has 1 heterocycles. The summed E-state index contributed by atoms with van der Waals surface area (Å²) in [6, 6.07) is 12.0. The Morgan fingerprint density at radius 2 is 1.90 bits per heavy atom. The number of methoxy groups -OCH3 is 1. The third-order valence-corrected chi connectivity index (χ3v) is 4.95. The molecule has 0 aliphatic carbocycles. The predicted molar refractivity (Wildman–Crippen MR) is 129 cm³/mol. The standard InChI is InChI=1S/C26H35N3O2/c1-3-4-5-6-10-22(23-14-16-25(31-2)17-15-23)11-7-13-26(30)29-20-9-19-28-24-12-8-18-27-21-24/h7-8,11-18,21,28H,3-6,9-10,19-20H2,1-2H3,(H,29,30)/b13-7+,22-11+. The minimum Gasteiger partial charge on any atom is -0.497 e. The van der Waals surface area contributed by atoms with Crippen molar-refractivity contribution >= 4 is 17.2 Å². The Kier molecular flexibility index (Phi) is 11.6. The van der Waals surface area contributed by atoms with Crippen molar-refractivity contribution in [1.29, 1.82) is 0 Å². The van der Waals surface area contributed by atoms with Gasteiger partial charge in [0, 0.05) is 31.6 Å². The van der Waals surface area contributed by atoms with Gasteiger partial charge < -0.3 is 15.4 Å². The summed E-state index contributed by atoms with van der Waals surface area (Å²) in [5.74, 6) is 0.778. The van der Waals surface area contributed by atoms with Gasteiger partial charge in [0.1, 0.15) is 5.75 Å². The van der Waals surface area contributed by atoms with Gasteiger partial charge in [0.05, 0.1) is 12.8 Å². The van der Waals surface area contributed by atoms with Crippen LogP contribution in [0.25, 0.3) is 5.57 Å². The fourth-order valence-electron chi connectivity index (χ4n) is 3.18. The van der Waals surface area contributed by atoms with Crippen LogP contribution >= 0.6 is 0 Å². The first kappa shape index (κ1) is 24.2. The third-order valence-electron chi connectivity index (χ3n) is 4.95. The minimum atomic E-state index is -0.0716. The summed E-state index contributed by atoms with van der Waals surface area (Å²) in [6.07, 6.45) is 15.7. The van der Waals surface area contributed by atoms with Gasteiger partial charge in [0.2, 0.25) is 5.91 Å². The monoisotopic (exact) mass is 421 g/mol. The third kappa shape index (κ3) is 9.98. The quantitative estimate of drug-likeness (QED) is 0.236. The number of nitrogens with zero attached hydrogens (tertiary/aromatic N) is 1. The first-order chi connectivity index (χ1) is 15.2. The van der Waals surface area contributed by atoms with E-state index >= 15 is 0 Å². The molecule has 5 heteroatoms. The Balaban J connectivity index is 1.81. The average molecular weight is 422 g/mol. The number of rotatable bonds is 14.